The summed E-state index contributed by atoms with van der Waals surface area (Å²) in [6.45, 7) is 2.87. The molecular weight excluding hydrogens is 292 g/mol. The number of piperidine rings is 1. The van der Waals surface area contributed by atoms with Crippen molar-refractivity contribution in [2.75, 3.05) is 37.4 Å². The predicted octanol–water partition coefficient (Wildman–Crippen LogP) is 0.748. The third-order valence-electron chi connectivity index (χ3n) is 4.11. The number of nitrogens with zero attached hydrogens (tertiary/aromatic N) is 7. The number of anilines is 2. The maximum Gasteiger partial charge on any atom is 0.224 e. The Labute approximate surface area is 136 Å². The highest BCUT2D eigenvalue weighted by atomic mass is 15.3. The van der Waals surface area contributed by atoms with E-state index in [0.717, 1.165) is 44.1 Å². The molecular formula is C15H24N8. The van der Waals surface area contributed by atoms with Gasteiger partial charge in [0.1, 0.15) is 18.0 Å². The van der Waals surface area contributed by atoms with Gasteiger partial charge in [-0.1, -0.05) is 0 Å². The third kappa shape index (κ3) is 3.95. The molecule has 1 N–H and O–H groups in total. The van der Waals surface area contributed by atoms with E-state index in [1.54, 1.807) is 12.5 Å². The molecule has 3 rings (SSSR count). The molecule has 0 bridgehead atoms. The number of aromatic nitrogens is 5. The highest BCUT2D eigenvalue weighted by molar-refractivity contribution is 5.41. The van der Waals surface area contributed by atoms with Crippen LogP contribution in [0.25, 0.3) is 0 Å². The molecule has 0 spiro atoms. The zero-order chi connectivity index (χ0) is 16.2. The van der Waals surface area contributed by atoms with E-state index in [1.807, 2.05) is 36.8 Å². The van der Waals surface area contributed by atoms with Gasteiger partial charge in [-0.2, -0.15) is 10.1 Å². The molecule has 3 heterocycles. The number of nitrogens with one attached hydrogen (secondary N) is 1. The van der Waals surface area contributed by atoms with Crippen LogP contribution < -0.4 is 10.2 Å². The first kappa shape index (κ1) is 15.7. The zero-order valence-corrected chi connectivity index (χ0v) is 14.0. The van der Waals surface area contributed by atoms with Crippen LogP contribution in [0.2, 0.25) is 0 Å². The van der Waals surface area contributed by atoms with E-state index in [4.69, 9.17) is 0 Å². The van der Waals surface area contributed by atoms with Gasteiger partial charge >= 0.3 is 0 Å². The number of likely N-dealkylation sites (tertiary alicyclic amines) is 1. The Bertz CT molecular complexity index is 638. The molecule has 1 aliphatic rings. The molecule has 2 aromatic rings. The predicted molar refractivity (Wildman–Crippen MR) is 89.3 cm³/mol. The fourth-order valence-electron chi connectivity index (χ4n) is 2.83. The second kappa shape index (κ2) is 6.91. The Morgan fingerprint density at radius 2 is 2.22 bits per heavy atom. The van der Waals surface area contributed by atoms with E-state index in [1.165, 1.54) is 0 Å². The normalized spacial score (nSPS) is 18.8. The Balaban J connectivity index is 1.60. The fraction of sp³-hybridized carbons (Fsp3) is 0.600. The summed E-state index contributed by atoms with van der Waals surface area (Å²) in [6, 6.07) is 2.27. The molecule has 1 aliphatic heterocycles. The Morgan fingerprint density at radius 3 is 2.96 bits per heavy atom. The molecule has 2 aromatic heterocycles. The van der Waals surface area contributed by atoms with E-state index < -0.39 is 0 Å². The second-order valence-corrected chi connectivity index (χ2v) is 6.15. The van der Waals surface area contributed by atoms with Gasteiger partial charge in [0.15, 0.2) is 0 Å². The van der Waals surface area contributed by atoms with Gasteiger partial charge in [-0.15, -0.1) is 0 Å². The van der Waals surface area contributed by atoms with Crippen LogP contribution in [-0.2, 0) is 13.6 Å². The molecule has 0 aromatic carbocycles. The molecule has 1 saturated heterocycles. The summed E-state index contributed by atoms with van der Waals surface area (Å²) in [4.78, 5) is 17.6. The van der Waals surface area contributed by atoms with Crippen molar-refractivity contribution in [1.29, 1.82) is 0 Å². The molecule has 1 unspecified atom stereocenters. The van der Waals surface area contributed by atoms with Gasteiger partial charge in [0.25, 0.3) is 0 Å². The minimum Gasteiger partial charge on any atom is -0.363 e. The number of rotatable bonds is 5. The SMILES string of the molecule is CN(C)c1ccnc(NC2CCCN(Cc3ncnn3C)C2)n1. The van der Waals surface area contributed by atoms with Gasteiger partial charge in [0, 0.05) is 39.9 Å². The van der Waals surface area contributed by atoms with Crippen molar-refractivity contribution >= 4 is 11.8 Å². The number of aryl methyl sites for hydroxylation is 1. The van der Waals surface area contributed by atoms with Crippen LogP contribution in [0.5, 0.6) is 0 Å². The minimum atomic E-state index is 0.356. The first-order chi connectivity index (χ1) is 11.1. The Kier molecular flexibility index (Phi) is 4.71. The number of hydrogen-bond acceptors (Lipinski definition) is 7. The average molecular weight is 316 g/mol. The molecule has 1 atom stereocenters. The zero-order valence-electron chi connectivity index (χ0n) is 14.0. The molecule has 8 heteroatoms. The largest absolute Gasteiger partial charge is 0.363 e. The van der Waals surface area contributed by atoms with Crippen molar-refractivity contribution in [3.63, 3.8) is 0 Å². The first-order valence-corrected chi connectivity index (χ1v) is 7.94. The smallest absolute Gasteiger partial charge is 0.224 e. The average Bonchev–Trinajstić information content (AvgIpc) is 2.93. The summed E-state index contributed by atoms with van der Waals surface area (Å²) in [6.07, 6.45) is 5.69. The van der Waals surface area contributed by atoms with Crippen molar-refractivity contribution in [3.8, 4) is 0 Å². The summed E-state index contributed by atoms with van der Waals surface area (Å²) in [7, 11) is 5.90. The molecule has 0 saturated carbocycles. The van der Waals surface area contributed by atoms with Gasteiger partial charge in [0.05, 0.1) is 6.54 Å². The molecule has 124 valence electrons. The standard InChI is InChI=1S/C15H24N8/c1-21(2)13-6-7-16-15(20-13)19-12-5-4-8-23(9-12)10-14-17-11-18-22(14)3/h6-7,11-12H,4-5,8-10H2,1-3H3,(H,16,19,20). The quantitative estimate of drug-likeness (QED) is 0.872. The fourth-order valence-corrected chi connectivity index (χ4v) is 2.83. The second-order valence-electron chi connectivity index (χ2n) is 6.15. The van der Waals surface area contributed by atoms with Crippen LogP contribution in [0.1, 0.15) is 18.7 Å². The lowest BCUT2D eigenvalue weighted by molar-refractivity contribution is 0.201. The van der Waals surface area contributed by atoms with Crippen LogP contribution >= 0.6 is 0 Å². The maximum atomic E-state index is 4.54. The maximum absolute atomic E-state index is 4.54. The van der Waals surface area contributed by atoms with Crippen LogP contribution in [0, 0.1) is 0 Å². The van der Waals surface area contributed by atoms with Gasteiger partial charge in [-0.25, -0.2) is 9.97 Å². The topological polar surface area (TPSA) is 75.0 Å². The Morgan fingerprint density at radius 1 is 1.35 bits per heavy atom. The highest BCUT2D eigenvalue weighted by Crippen LogP contribution is 2.16. The molecule has 1 fully saturated rings. The number of hydrogen-bond donors (Lipinski definition) is 1. The van der Waals surface area contributed by atoms with E-state index in [9.17, 15) is 0 Å². The van der Waals surface area contributed by atoms with Crippen molar-refractivity contribution < 1.29 is 0 Å². The van der Waals surface area contributed by atoms with Crippen molar-refractivity contribution in [1.82, 2.24) is 29.6 Å². The third-order valence-corrected chi connectivity index (χ3v) is 4.11. The summed E-state index contributed by atoms with van der Waals surface area (Å²) in [5, 5.41) is 7.60. The Hall–Kier alpha value is -2.22. The van der Waals surface area contributed by atoms with Crippen molar-refractivity contribution in [2.24, 2.45) is 7.05 Å². The van der Waals surface area contributed by atoms with E-state index in [2.05, 4.69) is 30.3 Å². The van der Waals surface area contributed by atoms with Crippen molar-refractivity contribution in [3.05, 3.63) is 24.4 Å². The molecule has 8 nitrogen and oxygen atoms in total. The lowest BCUT2D eigenvalue weighted by atomic mass is 10.1. The van der Waals surface area contributed by atoms with E-state index >= 15 is 0 Å². The van der Waals surface area contributed by atoms with Crippen molar-refractivity contribution in [2.45, 2.75) is 25.4 Å². The van der Waals surface area contributed by atoms with Gasteiger partial charge in [-0.3, -0.25) is 9.58 Å². The molecule has 0 aliphatic carbocycles. The van der Waals surface area contributed by atoms with E-state index in [0.29, 0.717) is 12.0 Å². The molecule has 23 heavy (non-hydrogen) atoms. The van der Waals surface area contributed by atoms with Gasteiger partial charge in [0.2, 0.25) is 5.95 Å². The summed E-state index contributed by atoms with van der Waals surface area (Å²) < 4.78 is 1.83. The summed E-state index contributed by atoms with van der Waals surface area (Å²) in [5.41, 5.74) is 0. The monoisotopic (exact) mass is 316 g/mol. The lowest BCUT2D eigenvalue weighted by Gasteiger charge is -2.32. The van der Waals surface area contributed by atoms with Gasteiger partial charge < -0.3 is 10.2 Å². The molecule has 0 radical (unpaired) electrons. The highest BCUT2D eigenvalue weighted by Gasteiger charge is 2.21. The van der Waals surface area contributed by atoms with Crippen LogP contribution in [-0.4, -0.2) is 62.9 Å². The van der Waals surface area contributed by atoms with Crippen LogP contribution in [0.4, 0.5) is 11.8 Å². The summed E-state index contributed by atoms with van der Waals surface area (Å²) in [5.74, 6) is 2.60. The lowest BCUT2D eigenvalue weighted by Crippen LogP contribution is -2.42. The van der Waals surface area contributed by atoms with E-state index in [-0.39, 0.29) is 0 Å². The van der Waals surface area contributed by atoms with Gasteiger partial charge in [-0.05, 0) is 25.5 Å². The summed E-state index contributed by atoms with van der Waals surface area (Å²) >= 11 is 0. The van der Waals surface area contributed by atoms with Crippen LogP contribution in [0.15, 0.2) is 18.6 Å². The van der Waals surface area contributed by atoms with Crippen LogP contribution in [0.3, 0.4) is 0 Å². The minimum absolute atomic E-state index is 0.356. The first-order valence-electron chi connectivity index (χ1n) is 7.94. The molecule has 0 amide bonds.